The SMILES string of the molecule is COC(=O)c1cc2c3ccccc3n(C(C)=O)c2nc1COC(C)=O. The molecule has 0 radical (unpaired) electrons. The fourth-order valence-electron chi connectivity index (χ4n) is 2.81. The molecule has 0 saturated heterocycles. The second-order valence-electron chi connectivity index (χ2n) is 5.50. The second kappa shape index (κ2) is 6.35. The van der Waals surface area contributed by atoms with Gasteiger partial charge in [-0.05, 0) is 12.1 Å². The molecule has 1 aromatic carbocycles. The first-order valence-corrected chi connectivity index (χ1v) is 7.59. The van der Waals surface area contributed by atoms with Gasteiger partial charge in [-0.1, -0.05) is 18.2 Å². The number of hydrogen-bond donors (Lipinski definition) is 0. The number of pyridine rings is 1. The minimum absolute atomic E-state index is 0.185. The van der Waals surface area contributed by atoms with Crippen molar-refractivity contribution < 1.29 is 23.9 Å². The molecule has 25 heavy (non-hydrogen) atoms. The van der Waals surface area contributed by atoms with E-state index in [0.29, 0.717) is 16.6 Å². The smallest absolute Gasteiger partial charge is 0.339 e. The maximum absolute atomic E-state index is 12.1. The first kappa shape index (κ1) is 16.6. The molecule has 0 unspecified atom stereocenters. The Hall–Kier alpha value is -3.22. The van der Waals surface area contributed by atoms with E-state index in [1.165, 1.54) is 25.5 Å². The van der Waals surface area contributed by atoms with Crippen molar-refractivity contribution in [3.8, 4) is 0 Å². The molecule has 0 bridgehead atoms. The number of benzene rings is 1. The first-order valence-electron chi connectivity index (χ1n) is 7.59. The molecule has 0 N–H and O–H groups in total. The van der Waals surface area contributed by atoms with Crippen LogP contribution in [0, 0.1) is 0 Å². The van der Waals surface area contributed by atoms with E-state index < -0.39 is 11.9 Å². The molecular formula is C18H16N2O5. The van der Waals surface area contributed by atoms with E-state index in [2.05, 4.69) is 4.98 Å². The number of esters is 2. The third-order valence-electron chi connectivity index (χ3n) is 3.86. The third-order valence-corrected chi connectivity index (χ3v) is 3.86. The van der Waals surface area contributed by atoms with E-state index in [-0.39, 0.29) is 23.8 Å². The number of hydrogen-bond acceptors (Lipinski definition) is 6. The predicted molar refractivity (Wildman–Crippen MR) is 90.3 cm³/mol. The van der Waals surface area contributed by atoms with Gasteiger partial charge in [-0.2, -0.15) is 0 Å². The van der Waals surface area contributed by atoms with Crippen LogP contribution in [0.25, 0.3) is 21.9 Å². The highest BCUT2D eigenvalue weighted by molar-refractivity contribution is 6.13. The number of methoxy groups -OCH3 is 1. The highest BCUT2D eigenvalue weighted by Gasteiger charge is 2.21. The lowest BCUT2D eigenvalue weighted by molar-refractivity contribution is -0.142. The van der Waals surface area contributed by atoms with E-state index in [1.54, 1.807) is 6.07 Å². The fraction of sp³-hybridized carbons (Fsp3) is 0.222. The van der Waals surface area contributed by atoms with Crippen LogP contribution in [-0.2, 0) is 20.9 Å². The number of aromatic nitrogens is 2. The van der Waals surface area contributed by atoms with Gasteiger partial charge in [-0.25, -0.2) is 9.78 Å². The summed E-state index contributed by atoms with van der Waals surface area (Å²) in [6, 6.07) is 8.95. The summed E-state index contributed by atoms with van der Waals surface area (Å²) in [6.45, 7) is 2.52. The van der Waals surface area contributed by atoms with Crippen LogP contribution in [0.4, 0.5) is 0 Å². The Bertz CT molecular complexity index is 1020. The highest BCUT2D eigenvalue weighted by Crippen LogP contribution is 2.30. The number of carbonyl (C=O) groups is 3. The fourth-order valence-corrected chi connectivity index (χ4v) is 2.81. The van der Waals surface area contributed by atoms with Gasteiger partial charge in [0.15, 0.2) is 0 Å². The summed E-state index contributed by atoms with van der Waals surface area (Å²) in [4.78, 5) is 39.8. The zero-order valence-corrected chi connectivity index (χ0v) is 14.0. The zero-order valence-electron chi connectivity index (χ0n) is 14.0. The molecule has 7 heteroatoms. The number of rotatable bonds is 3. The van der Waals surface area contributed by atoms with Gasteiger partial charge >= 0.3 is 11.9 Å². The van der Waals surface area contributed by atoms with Crippen LogP contribution in [0.15, 0.2) is 30.3 Å². The molecule has 2 aromatic heterocycles. The number of carbonyl (C=O) groups excluding carboxylic acids is 3. The van der Waals surface area contributed by atoms with E-state index in [4.69, 9.17) is 9.47 Å². The first-order chi connectivity index (χ1) is 11.9. The molecule has 3 rings (SSSR count). The van der Waals surface area contributed by atoms with Gasteiger partial charge in [0.2, 0.25) is 5.91 Å². The van der Waals surface area contributed by atoms with E-state index in [1.807, 2.05) is 24.3 Å². The number of nitrogens with zero attached hydrogens (tertiary/aromatic N) is 2. The lowest BCUT2D eigenvalue weighted by Gasteiger charge is -2.09. The lowest BCUT2D eigenvalue weighted by atomic mass is 10.1. The van der Waals surface area contributed by atoms with Crippen LogP contribution in [0.3, 0.4) is 0 Å². The van der Waals surface area contributed by atoms with Crippen LogP contribution in [0.1, 0.15) is 34.7 Å². The molecular weight excluding hydrogens is 324 g/mol. The van der Waals surface area contributed by atoms with E-state index in [9.17, 15) is 14.4 Å². The van der Waals surface area contributed by atoms with Crippen LogP contribution in [0.5, 0.6) is 0 Å². The molecule has 0 amide bonds. The molecule has 0 aliphatic heterocycles. The van der Waals surface area contributed by atoms with Crippen LogP contribution in [-0.4, -0.2) is 34.5 Å². The quantitative estimate of drug-likeness (QED) is 0.681. The number of para-hydroxylation sites is 1. The molecule has 0 fully saturated rings. The molecule has 128 valence electrons. The maximum Gasteiger partial charge on any atom is 0.339 e. The molecule has 0 aliphatic rings. The molecule has 0 spiro atoms. The average molecular weight is 340 g/mol. The topological polar surface area (TPSA) is 87.5 Å². The summed E-state index contributed by atoms with van der Waals surface area (Å²) in [5, 5.41) is 1.45. The summed E-state index contributed by atoms with van der Waals surface area (Å²) in [5.74, 6) is -1.29. The zero-order chi connectivity index (χ0) is 18.1. The minimum atomic E-state index is -0.587. The summed E-state index contributed by atoms with van der Waals surface area (Å²) in [7, 11) is 1.26. The van der Waals surface area contributed by atoms with E-state index >= 15 is 0 Å². The summed E-state index contributed by atoms with van der Waals surface area (Å²) >= 11 is 0. The van der Waals surface area contributed by atoms with E-state index in [0.717, 1.165) is 5.39 Å². The van der Waals surface area contributed by atoms with Crippen molar-refractivity contribution in [3.05, 3.63) is 41.6 Å². The molecule has 0 atom stereocenters. The molecule has 0 saturated carbocycles. The van der Waals surface area contributed by atoms with Crippen molar-refractivity contribution in [2.75, 3.05) is 7.11 Å². The van der Waals surface area contributed by atoms with Crippen molar-refractivity contribution in [2.24, 2.45) is 0 Å². The van der Waals surface area contributed by atoms with Crippen LogP contribution in [0.2, 0.25) is 0 Å². The maximum atomic E-state index is 12.1. The van der Waals surface area contributed by atoms with Crippen LogP contribution < -0.4 is 0 Å². The van der Waals surface area contributed by atoms with Gasteiger partial charge in [0.05, 0.1) is 23.9 Å². The summed E-state index contributed by atoms with van der Waals surface area (Å²) < 4.78 is 11.3. The third kappa shape index (κ3) is 2.84. The van der Waals surface area contributed by atoms with Crippen molar-refractivity contribution in [1.29, 1.82) is 0 Å². The monoisotopic (exact) mass is 340 g/mol. The number of ether oxygens (including phenoxy) is 2. The Morgan fingerprint density at radius 3 is 2.48 bits per heavy atom. The summed E-state index contributed by atoms with van der Waals surface area (Å²) in [6.07, 6.45) is 0. The largest absolute Gasteiger partial charge is 0.465 e. The van der Waals surface area contributed by atoms with Crippen molar-refractivity contribution in [1.82, 2.24) is 9.55 Å². The van der Waals surface area contributed by atoms with Crippen molar-refractivity contribution in [2.45, 2.75) is 20.5 Å². The molecule has 7 nitrogen and oxygen atoms in total. The summed E-state index contributed by atoms with van der Waals surface area (Å²) in [5.41, 5.74) is 1.53. The predicted octanol–water partition coefficient (Wildman–Crippen LogP) is 2.70. The standard InChI is InChI=1S/C18H16N2O5/c1-10(21)20-16-7-5-4-6-12(16)13-8-14(18(23)24-3)15(19-17(13)20)9-25-11(2)22/h4-8H,9H2,1-3H3. The van der Waals surface area contributed by atoms with Crippen molar-refractivity contribution >= 4 is 39.8 Å². The molecule has 3 aromatic rings. The van der Waals surface area contributed by atoms with Crippen molar-refractivity contribution in [3.63, 3.8) is 0 Å². The molecule has 0 aliphatic carbocycles. The van der Waals surface area contributed by atoms with Gasteiger partial charge in [-0.3, -0.25) is 14.2 Å². The Morgan fingerprint density at radius 2 is 1.84 bits per heavy atom. The Balaban J connectivity index is 2.36. The lowest BCUT2D eigenvalue weighted by Crippen LogP contribution is -2.12. The van der Waals surface area contributed by atoms with Gasteiger partial charge in [-0.15, -0.1) is 0 Å². The second-order valence-corrected chi connectivity index (χ2v) is 5.50. The van der Waals surface area contributed by atoms with Gasteiger partial charge < -0.3 is 9.47 Å². The van der Waals surface area contributed by atoms with Gasteiger partial charge in [0.1, 0.15) is 12.3 Å². The number of fused-ring (bicyclic) bond motifs is 3. The van der Waals surface area contributed by atoms with Gasteiger partial charge in [0, 0.05) is 24.6 Å². The normalized spacial score (nSPS) is 10.8. The average Bonchev–Trinajstić information content (AvgIpc) is 2.91. The Labute approximate surface area is 143 Å². The Kier molecular flexibility index (Phi) is 4.22. The van der Waals surface area contributed by atoms with Crippen LogP contribution >= 0.6 is 0 Å². The minimum Gasteiger partial charge on any atom is -0.465 e. The highest BCUT2D eigenvalue weighted by atomic mass is 16.5. The Morgan fingerprint density at radius 1 is 1.12 bits per heavy atom. The van der Waals surface area contributed by atoms with Gasteiger partial charge in [0.25, 0.3) is 0 Å². The molecule has 2 heterocycles.